The van der Waals surface area contributed by atoms with Gasteiger partial charge in [0.15, 0.2) is 0 Å². The van der Waals surface area contributed by atoms with Crippen LogP contribution in [0.5, 0.6) is 0 Å². The van der Waals surface area contributed by atoms with E-state index in [0.29, 0.717) is 6.61 Å². The van der Waals surface area contributed by atoms with Gasteiger partial charge >= 0.3 is 5.97 Å². The lowest BCUT2D eigenvalue weighted by molar-refractivity contribution is -0.142. The fourth-order valence-corrected chi connectivity index (χ4v) is 5.46. The molecular weight excluding hydrogens is 328 g/mol. The number of fused-ring (bicyclic) bond motifs is 3. The maximum absolute atomic E-state index is 12.1. The van der Waals surface area contributed by atoms with E-state index in [2.05, 4.69) is 16.9 Å². The average Bonchev–Trinajstić information content (AvgIpc) is 2.90. The molecule has 0 amide bonds. The van der Waals surface area contributed by atoms with Gasteiger partial charge in [-0.1, -0.05) is 25.6 Å². The van der Waals surface area contributed by atoms with E-state index >= 15 is 0 Å². The Morgan fingerprint density at radius 3 is 3.04 bits per heavy atom. The van der Waals surface area contributed by atoms with Gasteiger partial charge in [0.25, 0.3) is 0 Å². The van der Waals surface area contributed by atoms with E-state index in [9.17, 15) is 4.79 Å². The van der Waals surface area contributed by atoms with Crippen molar-refractivity contribution in [3.8, 4) is 0 Å². The third kappa shape index (κ3) is 3.38. The van der Waals surface area contributed by atoms with Crippen molar-refractivity contribution >= 4 is 39.3 Å². The van der Waals surface area contributed by atoms with Gasteiger partial charge in [0.1, 0.15) is 21.4 Å². The number of thioether (sulfide) groups is 1. The number of esters is 1. The quantitative estimate of drug-likeness (QED) is 0.458. The predicted molar refractivity (Wildman–Crippen MR) is 95.2 cm³/mol. The predicted octanol–water partition coefficient (Wildman–Crippen LogP) is 4.25. The molecule has 1 aliphatic carbocycles. The molecular formula is C17H22N2O2S2. The summed E-state index contributed by atoms with van der Waals surface area (Å²) in [6, 6.07) is 0. The van der Waals surface area contributed by atoms with E-state index in [1.54, 1.807) is 17.7 Å². The van der Waals surface area contributed by atoms with Crippen molar-refractivity contribution in [3.05, 3.63) is 16.8 Å². The summed E-state index contributed by atoms with van der Waals surface area (Å²) >= 11 is 3.32. The molecule has 0 saturated heterocycles. The highest BCUT2D eigenvalue weighted by atomic mass is 32.2. The summed E-state index contributed by atoms with van der Waals surface area (Å²) in [5.41, 5.74) is 1.41. The first-order chi connectivity index (χ1) is 11.1. The van der Waals surface area contributed by atoms with Crippen LogP contribution in [0.4, 0.5) is 0 Å². The fourth-order valence-electron chi connectivity index (χ4n) is 3.00. The summed E-state index contributed by atoms with van der Waals surface area (Å²) < 4.78 is 5.19. The highest BCUT2D eigenvalue weighted by Gasteiger charge is 2.26. The zero-order valence-corrected chi connectivity index (χ0v) is 15.4. The molecule has 0 aromatic carbocycles. The minimum absolute atomic E-state index is 0.149. The van der Waals surface area contributed by atoms with Crippen molar-refractivity contribution in [2.24, 2.45) is 5.92 Å². The summed E-state index contributed by atoms with van der Waals surface area (Å²) in [5, 5.41) is 1.90. The molecule has 1 aliphatic rings. The molecule has 2 heterocycles. The highest BCUT2D eigenvalue weighted by molar-refractivity contribution is 8.00. The van der Waals surface area contributed by atoms with Gasteiger partial charge in [0, 0.05) is 10.3 Å². The number of ether oxygens (including phenoxy) is 1. The Bertz CT molecular complexity index is 714. The zero-order chi connectivity index (χ0) is 16.4. The molecule has 0 N–H and O–H groups in total. The molecule has 3 rings (SSSR count). The maximum Gasteiger partial charge on any atom is 0.319 e. The number of thiophene rings is 1. The molecule has 2 aromatic rings. The lowest BCUT2D eigenvalue weighted by Crippen LogP contribution is -2.19. The van der Waals surface area contributed by atoms with E-state index in [4.69, 9.17) is 4.74 Å². The number of hydrogen-bond donors (Lipinski definition) is 0. The Labute approximate surface area is 145 Å². The molecule has 2 atom stereocenters. The number of nitrogens with zero attached hydrogens (tertiary/aromatic N) is 2. The van der Waals surface area contributed by atoms with E-state index in [1.807, 2.05) is 13.8 Å². The topological polar surface area (TPSA) is 52.1 Å². The van der Waals surface area contributed by atoms with Crippen molar-refractivity contribution in [3.63, 3.8) is 0 Å². The van der Waals surface area contributed by atoms with Crippen molar-refractivity contribution in [1.82, 2.24) is 9.97 Å². The normalized spacial score (nSPS) is 18.7. The minimum atomic E-state index is -0.203. The molecule has 0 spiro atoms. The second kappa shape index (κ2) is 7.18. The number of aromatic nitrogens is 2. The summed E-state index contributed by atoms with van der Waals surface area (Å²) in [7, 11) is 0. The van der Waals surface area contributed by atoms with Gasteiger partial charge in [-0.25, -0.2) is 9.97 Å². The standard InChI is InChI=1S/C17H22N2O2S2/c1-4-12(17(20)21-5-2)22-15-14-11-7-6-10(3)8-13(11)23-16(14)19-9-18-15/h9-10,12H,4-8H2,1-3H3/t10-,12-/m0/s1. The van der Waals surface area contributed by atoms with Crippen LogP contribution in [-0.2, 0) is 22.4 Å². The Hall–Kier alpha value is -1.14. The van der Waals surface area contributed by atoms with Gasteiger partial charge in [-0.05, 0) is 44.1 Å². The summed E-state index contributed by atoms with van der Waals surface area (Å²) in [5.74, 6) is 0.590. The van der Waals surface area contributed by atoms with Crippen LogP contribution in [0.25, 0.3) is 10.2 Å². The van der Waals surface area contributed by atoms with Crippen molar-refractivity contribution in [2.75, 3.05) is 6.61 Å². The first kappa shape index (κ1) is 16.7. The van der Waals surface area contributed by atoms with E-state index in [1.165, 1.54) is 34.0 Å². The van der Waals surface area contributed by atoms with Crippen molar-refractivity contribution in [2.45, 2.75) is 56.7 Å². The van der Waals surface area contributed by atoms with Gasteiger partial charge in [-0.15, -0.1) is 11.3 Å². The van der Waals surface area contributed by atoms with Crippen molar-refractivity contribution in [1.29, 1.82) is 0 Å². The number of rotatable bonds is 5. The summed E-state index contributed by atoms with van der Waals surface area (Å²) in [6.07, 6.45) is 5.79. The van der Waals surface area contributed by atoms with Gasteiger partial charge in [-0.3, -0.25) is 4.79 Å². The van der Waals surface area contributed by atoms with Gasteiger partial charge < -0.3 is 4.74 Å². The summed E-state index contributed by atoms with van der Waals surface area (Å²) in [4.78, 5) is 23.6. The molecule has 23 heavy (non-hydrogen) atoms. The fraction of sp³-hybridized carbons (Fsp3) is 0.588. The molecule has 4 nitrogen and oxygen atoms in total. The lowest BCUT2D eigenvalue weighted by Gasteiger charge is -2.18. The first-order valence-electron chi connectivity index (χ1n) is 8.22. The lowest BCUT2D eigenvalue weighted by atomic mass is 9.89. The average molecular weight is 351 g/mol. The monoisotopic (exact) mass is 350 g/mol. The molecule has 2 aromatic heterocycles. The molecule has 0 saturated carbocycles. The van der Waals surface area contributed by atoms with Crippen molar-refractivity contribution < 1.29 is 9.53 Å². The summed E-state index contributed by atoms with van der Waals surface area (Å²) in [6.45, 7) is 6.58. The van der Waals surface area contributed by atoms with Crippen LogP contribution in [0.15, 0.2) is 11.4 Å². The third-order valence-electron chi connectivity index (χ3n) is 4.23. The van der Waals surface area contributed by atoms with Crippen LogP contribution in [0.2, 0.25) is 0 Å². The zero-order valence-electron chi connectivity index (χ0n) is 13.8. The molecule has 124 valence electrons. The Morgan fingerprint density at radius 2 is 2.30 bits per heavy atom. The van der Waals surface area contributed by atoms with Crippen LogP contribution in [0.3, 0.4) is 0 Å². The van der Waals surface area contributed by atoms with Gasteiger partial charge in [0.2, 0.25) is 0 Å². The van der Waals surface area contributed by atoms with Crippen LogP contribution in [0, 0.1) is 5.92 Å². The highest BCUT2D eigenvalue weighted by Crippen LogP contribution is 2.41. The number of carbonyl (C=O) groups excluding carboxylic acids is 1. The third-order valence-corrected chi connectivity index (χ3v) is 6.74. The minimum Gasteiger partial charge on any atom is -0.465 e. The Morgan fingerprint density at radius 1 is 1.48 bits per heavy atom. The molecule has 0 unspecified atom stereocenters. The maximum atomic E-state index is 12.1. The second-order valence-corrected chi connectivity index (χ2v) is 8.25. The van der Waals surface area contributed by atoms with Crippen LogP contribution in [0.1, 0.15) is 44.1 Å². The van der Waals surface area contributed by atoms with E-state index in [0.717, 1.165) is 35.0 Å². The smallest absolute Gasteiger partial charge is 0.319 e. The Balaban J connectivity index is 1.96. The van der Waals surface area contributed by atoms with E-state index < -0.39 is 0 Å². The second-order valence-electron chi connectivity index (χ2n) is 5.98. The SMILES string of the molecule is CCOC(=O)[C@H](CC)Sc1ncnc2sc3c(c12)CC[C@H](C)C3. The van der Waals surface area contributed by atoms with E-state index in [-0.39, 0.29) is 11.2 Å². The largest absolute Gasteiger partial charge is 0.465 e. The van der Waals surface area contributed by atoms with Crippen LogP contribution in [-0.4, -0.2) is 27.8 Å². The molecule has 0 radical (unpaired) electrons. The number of carbonyl (C=O) groups is 1. The van der Waals surface area contributed by atoms with Crippen LogP contribution < -0.4 is 0 Å². The van der Waals surface area contributed by atoms with Crippen LogP contribution >= 0.6 is 23.1 Å². The molecule has 0 aliphatic heterocycles. The molecule has 0 fully saturated rings. The number of aryl methyl sites for hydroxylation is 1. The Kier molecular flexibility index (Phi) is 5.21. The molecule has 0 bridgehead atoms. The van der Waals surface area contributed by atoms with Gasteiger partial charge in [0.05, 0.1) is 6.61 Å². The first-order valence-corrected chi connectivity index (χ1v) is 9.92. The number of hydrogen-bond acceptors (Lipinski definition) is 6. The molecule has 6 heteroatoms. The van der Waals surface area contributed by atoms with Gasteiger partial charge in [-0.2, -0.15) is 0 Å².